The monoisotopic (exact) mass is 341 g/mol. The Hall–Kier alpha value is -2.73. The van der Waals surface area contributed by atoms with Crippen LogP contribution in [0.1, 0.15) is 29.3 Å². The number of rotatable bonds is 4. The number of aryl methyl sites for hydroxylation is 1. The van der Waals surface area contributed by atoms with E-state index in [0.29, 0.717) is 17.7 Å². The van der Waals surface area contributed by atoms with Crippen molar-refractivity contribution in [3.8, 4) is 0 Å². The lowest BCUT2D eigenvalue weighted by Crippen LogP contribution is -2.33. The van der Waals surface area contributed by atoms with Crippen molar-refractivity contribution in [2.45, 2.75) is 20.3 Å². The molecule has 0 radical (unpaired) electrons. The van der Waals surface area contributed by atoms with Crippen molar-refractivity contribution in [2.24, 2.45) is 0 Å². The quantitative estimate of drug-likeness (QED) is 0.745. The van der Waals surface area contributed by atoms with Crippen molar-refractivity contribution in [2.75, 3.05) is 10.6 Å². The van der Waals surface area contributed by atoms with Crippen molar-refractivity contribution >= 4 is 40.5 Å². The van der Waals surface area contributed by atoms with Crippen LogP contribution in [0, 0.1) is 6.92 Å². The lowest BCUT2D eigenvalue weighted by Gasteiger charge is -2.10. The predicted molar refractivity (Wildman–Crippen MR) is 100 cm³/mol. The predicted octanol–water partition coefficient (Wildman–Crippen LogP) is 3.47. The fourth-order valence-electron chi connectivity index (χ4n) is 2.04. The molecule has 24 heavy (non-hydrogen) atoms. The van der Waals surface area contributed by atoms with Crippen LogP contribution in [0.25, 0.3) is 0 Å². The van der Waals surface area contributed by atoms with Gasteiger partial charge in [0.1, 0.15) is 0 Å². The lowest BCUT2D eigenvalue weighted by atomic mass is 10.1. The van der Waals surface area contributed by atoms with Crippen LogP contribution >= 0.6 is 12.2 Å². The molecule has 124 valence electrons. The SMILES string of the molecule is CCC(=O)NC(=S)Nc1cccc(C(=O)Nc2cccc(C)c2)c1. The first kappa shape index (κ1) is 17.6. The highest BCUT2D eigenvalue weighted by molar-refractivity contribution is 7.80. The van der Waals surface area contributed by atoms with Gasteiger partial charge in [0.2, 0.25) is 5.91 Å². The maximum absolute atomic E-state index is 12.3. The summed E-state index contributed by atoms with van der Waals surface area (Å²) < 4.78 is 0. The van der Waals surface area contributed by atoms with Crippen LogP contribution in [0.3, 0.4) is 0 Å². The number of thiocarbonyl (C=S) groups is 1. The molecule has 0 unspecified atom stereocenters. The van der Waals surface area contributed by atoms with E-state index < -0.39 is 0 Å². The number of carbonyl (C=O) groups excluding carboxylic acids is 2. The van der Waals surface area contributed by atoms with E-state index in [1.54, 1.807) is 31.2 Å². The minimum absolute atomic E-state index is 0.166. The highest BCUT2D eigenvalue weighted by Gasteiger charge is 2.08. The van der Waals surface area contributed by atoms with Crippen LogP contribution in [0.4, 0.5) is 11.4 Å². The van der Waals surface area contributed by atoms with Gasteiger partial charge in [0.25, 0.3) is 5.91 Å². The van der Waals surface area contributed by atoms with Gasteiger partial charge in [-0.2, -0.15) is 0 Å². The molecule has 2 aromatic rings. The van der Waals surface area contributed by atoms with Gasteiger partial charge in [-0.05, 0) is 55.0 Å². The average Bonchev–Trinajstić information content (AvgIpc) is 2.54. The van der Waals surface area contributed by atoms with Crippen molar-refractivity contribution in [1.82, 2.24) is 5.32 Å². The zero-order valence-electron chi connectivity index (χ0n) is 13.6. The molecule has 0 saturated carbocycles. The molecule has 0 bridgehead atoms. The van der Waals surface area contributed by atoms with Gasteiger partial charge in [0, 0.05) is 23.4 Å². The second-order valence-corrected chi connectivity index (χ2v) is 5.67. The Morgan fingerprint density at radius 1 is 1.00 bits per heavy atom. The zero-order valence-corrected chi connectivity index (χ0v) is 14.4. The van der Waals surface area contributed by atoms with Gasteiger partial charge in [0.05, 0.1) is 0 Å². The number of hydrogen-bond acceptors (Lipinski definition) is 3. The van der Waals surface area contributed by atoms with Gasteiger partial charge < -0.3 is 16.0 Å². The molecule has 0 fully saturated rings. The minimum atomic E-state index is -0.215. The number of amides is 2. The van der Waals surface area contributed by atoms with E-state index in [-0.39, 0.29) is 16.9 Å². The van der Waals surface area contributed by atoms with Crippen LogP contribution in [0.15, 0.2) is 48.5 Å². The number of nitrogens with one attached hydrogen (secondary N) is 3. The molecule has 0 atom stereocenters. The highest BCUT2D eigenvalue weighted by Crippen LogP contribution is 2.14. The largest absolute Gasteiger partial charge is 0.332 e. The van der Waals surface area contributed by atoms with Crippen LogP contribution in [0.5, 0.6) is 0 Å². The van der Waals surface area contributed by atoms with Gasteiger partial charge >= 0.3 is 0 Å². The number of anilines is 2. The van der Waals surface area contributed by atoms with Gasteiger partial charge in [-0.3, -0.25) is 9.59 Å². The van der Waals surface area contributed by atoms with E-state index >= 15 is 0 Å². The number of benzene rings is 2. The summed E-state index contributed by atoms with van der Waals surface area (Å²) >= 11 is 5.06. The van der Waals surface area contributed by atoms with Crippen LogP contribution in [-0.4, -0.2) is 16.9 Å². The van der Waals surface area contributed by atoms with E-state index in [2.05, 4.69) is 16.0 Å². The summed E-state index contributed by atoms with van der Waals surface area (Å²) in [5.41, 5.74) is 2.93. The molecule has 0 aromatic heterocycles. The van der Waals surface area contributed by atoms with E-state index in [4.69, 9.17) is 12.2 Å². The second-order valence-electron chi connectivity index (χ2n) is 5.26. The Bertz CT molecular complexity index is 774. The third kappa shape index (κ3) is 5.17. The molecule has 2 aromatic carbocycles. The van der Waals surface area contributed by atoms with Crippen molar-refractivity contribution in [1.29, 1.82) is 0 Å². The molecular weight excluding hydrogens is 322 g/mol. The van der Waals surface area contributed by atoms with Crippen molar-refractivity contribution < 1.29 is 9.59 Å². The highest BCUT2D eigenvalue weighted by atomic mass is 32.1. The van der Waals surface area contributed by atoms with E-state index in [1.165, 1.54) is 0 Å². The molecule has 5 nitrogen and oxygen atoms in total. The van der Waals surface area contributed by atoms with Gasteiger partial charge in [-0.1, -0.05) is 25.1 Å². The summed E-state index contributed by atoms with van der Waals surface area (Å²) in [4.78, 5) is 23.7. The van der Waals surface area contributed by atoms with E-state index in [0.717, 1.165) is 11.3 Å². The van der Waals surface area contributed by atoms with Crippen LogP contribution in [-0.2, 0) is 4.79 Å². The van der Waals surface area contributed by atoms with Crippen molar-refractivity contribution in [3.63, 3.8) is 0 Å². The summed E-state index contributed by atoms with van der Waals surface area (Å²) in [6, 6.07) is 14.5. The normalized spacial score (nSPS) is 9.92. The minimum Gasteiger partial charge on any atom is -0.332 e. The van der Waals surface area contributed by atoms with Crippen LogP contribution < -0.4 is 16.0 Å². The van der Waals surface area contributed by atoms with Crippen LogP contribution in [0.2, 0.25) is 0 Å². The Kier molecular flexibility index (Phi) is 6.03. The second kappa shape index (κ2) is 8.21. The van der Waals surface area contributed by atoms with Gasteiger partial charge in [-0.25, -0.2) is 0 Å². The summed E-state index contributed by atoms with van der Waals surface area (Å²) in [5.74, 6) is -0.381. The molecule has 2 amide bonds. The first-order chi connectivity index (χ1) is 11.5. The topological polar surface area (TPSA) is 70.2 Å². The van der Waals surface area contributed by atoms with E-state index in [1.807, 2.05) is 31.2 Å². The molecule has 0 aliphatic rings. The number of carbonyl (C=O) groups is 2. The molecule has 0 aliphatic carbocycles. The summed E-state index contributed by atoms with van der Waals surface area (Å²) in [6.45, 7) is 3.71. The molecule has 6 heteroatoms. The Labute approximate surface area is 146 Å². The summed E-state index contributed by atoms with van der Waals surface area (Å²) in [5, 5.41) is 8.51. The average molecular weight is 341 g/mol. The fraction of sp³-hybridized carbons (Fsp3) is 0.167. The molecule has 3 N–H and O–H groups in total. The molecule has 0 saturated heterocycles. The third-order valence-corrected chi connectivity index (χ3v) is 3.44. The zero-order chi connectivity index (χ0) is 17.5. The maximum Gasteiger partial charge on any atom is 0.255 e. The Balaban J connectivity index is 2.05. The molecular formula is C18H19N3O2S. The smallest absolute Gasteiger partial charge is 0.255 e. The molecule has 0 aliphatic heterocycles. The summed E-state index contributed by atoms with van der Waals surface area (Å²) in [7, 11) is 0. The Morgan fingerprint density at radius 2 is 1.67 bits per heavy atom. The Morgan fingerprint density at radius 3 is 2.33 bits per heavy atom. The third-order valence-electron chi connectivity index (χ3n) is 3.23. The number of hydrogen-bond donors (Lipinski definition) is 3. The first-order valence-electron chi connectivity index (χ1n) is 7.57. The summed E-state index contributed by atoms with van der Waals surface area (Å²) in [6.07, 6.45) is 0.348. The van der Waals surface area contributed by atoms with E-state index in [9.17, 15) is 9.59 Å². The van der Waals surface area contributed by atoms with Gasteiger partial charge in [0.15, 0.2) is 5.11 Å². The van der Waals surface area contributed by atoms with Gasteiger partial charge in [-0.15, -0.1) is 0 Å². The first-order valence-corrected chi connectivity index (χ1v) is 7.97. The lowest BCUT2D eigenvalue weighted by molar-refractivity contribution is -0.119. The standard InChI is InChI=1S/C18H19N3O2S/c1-3-16(22)21-18(24)20-15-9-5-7-13(11-15)17(23)19-14-8-4-6-12(2)10-14/h4-11H,3H2,1-2H3,(H,19,23)(H2,20,21,22,24). The molecule has 0 heterocycles. The molecule has 0 spiro atoms. The fourth-order valence-corrected chi connectivity index (χ4v) is 2.27. The maximum atomic E-state index is 12.3. The van der Waals surface area contributed by atoms with Crippen molar-refractivity contribution in [3.05, 3.63) is 59.7 Å². The molecule has 2 rings (SSSR count).